The molecule has 0 radical (unpaired) electrons. The summed E-state index contributed by atoms with van der Waals surface area (Å²) in [7, 11) is 0. The van der Waals surface area contributed by atoms with E-state index in [1.165, 1.54) is 51.6 Å². The van der Waals surface area contributed by atoms with Gasteiger partial charge in [-0.3, -0.25) is 4.90 Å². The van der Waals surface area contributed by atoms with Crippen LogP contribution in [0, 0.1) is 5.92 Å². The molecule has 1 unspecified atom stereocenters. The number of rotatable bonds is 8. The predicted octanol–water partition coefficient (Wildman–Crippen LogP) is 3.62. The average molecular weight is 321 g/mol. The van der Waals surface area contributed by atoms with Crippen molar-refractivity contribution in [1.29, 1.82) is 0 Å². The van der Waals surface area contributed by atoms with Crippen LogP contribution in [-0.2, 0) is 0 Å². The van der Waals surface area contributed by atoms with E-state index in [1.807, 2.05) is 0 Å². The zero-order valence-electron chi connectivity index (χ0n) is 13.5. The van der Waals surface area contributed by atoms with Gasteiger partial charge in [0.05, 0.1) is 0 Å². The van der Waals surface area contributed by atoms with Crippen molar-refractivity contribution in [3.8, 4) is 5.88 Å². The van der Waals surface area contributed by atoms with Gasteiger partial charge in [-0.2, -0.15) is 0 Å². The smallest absolute Gasteiger partial charge is 0.247 e. The zero-order valence-corrected chi connectivity index (χ0v) is 14.4. The molecule has 0 spiro atoms. The number of hydrogen-bond acceptors (Lipinski definition) is 5. The number of unbranched alkanes of at least 4 members (excludes halogenated alkanes) is 3. The van der Waals surface area contributed by atoms with Crippen LogP contribution in [0.15, 0.2) is 17.4 Å². The maximum Gasteiger partial charge on any atom is 0.247 e. The molecule has 0 amide bonds. The molecule has 1 aromatic rings. The first-order valence-corrected chi connectivity index (χ1v) is 9.68. The molecule has 5 heteroatoms. The lowest BCUT2D eigenvalue weighted by atomic mass is 9.86. The van der Waals surface area contributed by atoms with Crippen LogP contribution in [0.25, 0.3) is 0 Å². The first-order chi connectivity index (χ1) is 10.9. The van der Waals surface area contributed by atoms with Crippen molar-refractivity contribution in [3.63, 3.8) is 0 Å². The molecule has 3 aliphatic rings. The van der Waals surface area contributed by atoms with Crippen molar-refractivity contribution in [2.75, 3.05) is 25.4 Å². The third-order valence-corrected chi connectivity index (χ3v) is 5.78. The van der Waals surface area contributed by atoms with Crippen LogP contribution < -0.4 is 4.74 Å². The van der Waals surface area contributed by atoms with Gasteiger partial charge in [0, 0.05) is 18.9 Å². The second kappa shape index (κ2) is 8.16. The highest BCUT2D eigenvalue weighted by molar-refractivity contribution is 7.99. The van der Waals surface area contributed by atoms with E-state index in [0.717, 1.165) is 23.2 Å². The Labute approximate surface area is 138 Å². The van der Waals surface area contributed by atoms with Gasteiger partial charge in [0.15, 0.2) is 5.03 Å². The van der Waals surface area contributed by atoms with Gasteiger partial charge < -0.3 is 4.74 Å². The van der Waals surface area contributed by atoms with E-state index < -0.39 is 0 Å². The molecule has 4 rings (SSSR count). The maximum atomic E-state index is 6.26. The van der Waals surface area contributed by atoms with Crippen LogP contribution in [0.1, 0.15) is 45.4 Å². The molecule has 0 N–H and O–H groups in total. The number of ether oxygens (including phenoxy) is 1. The minimum Gasteiger partial charge on any atom is -0.471 e. The number of piperidine rings is 3. The SMILES string of the molecule is CCCCCCSc1nccnc1OC1CN2CCC1CC2. The number of nitrogens with zero attached hydrogens (tertiary/aromatic N) is 3. The molecule has 22 heavy (non-hydrogen) atoms. The highest BCUT2D eigenvalue weighted by Gasteiger charge is 2.36. The number of aromatic nitrogens is 2. The average Bonchev–Trinajstić information content (AvgIpc) is 2.57. The Morgan fingerprint density at radius 3 is 2.73 bits per heavy atom. The van der Waals surface area contributed by atoms with Gasteiger partial charge >= 0.3 is 0 Å². The molecular weight excluding hydrogens is 294 g/mol. The molecule has 0 aromatic carbocycles. The summed E-state index contributed by atoms with van der Waals surface area (Å²) in [6, 6.07) is 0. The van der Waals surface area contributed by atoms with Crippen LogP contribution >= 0.6 is 11.8 Å². The second-order valence-electron chi connectivity index (χ2n) is 6.37. The monoisotopic (exact) mass is 321 g/mol. The van der Waals surface area contributed by atoms with Crippen LogP contribution in [0.3, 0.4) is 0 Å². The van der Waals surface area contributed by atoms with Crippen molar-refractivity contribution >= 4 is 11.8 Å². The first-order valence-electron chi connectivity index (χ1n) is 8.69. The molecule has 3 aliphatic heterocycles. The molecular formula is C17H27N3OS. The standard InChI is InChI=1S/C17H27N3OS/c1-2-3-4-5-12-22-17-16(18-8-9-19-17)21-15-13-20-10-6-14(15)7-11-20/h8-9,14-15H,2-7,10-13H2,1H3. The predicted molar refractivity (Wildman–Crippen MR) is 90.5 cm³/mol. The second-order valence-corrected chi connectivity index (χ2v) is 7.45. The van der Waals surface area contributed by atoms with E-state index in [-0.39, 0.29) is 0 Å². The minimum atomic E-state index is 0.304. The van der Waals surface area contributed by atoms with Crippen molar-refractivity contribution < 1.29 is 4.74 Å². The number of fused-ring (bicyclic) bond motifs is 3. The Morgan fingerprint density at radius 2 is 2.00 bits per heavy atom. The third kappa shape index (κ3) is 4.13. The molecule has 4 nitrogen and oxygen atoms in total. The molecule has 0 aliphatic carbocycles. The summed E-state index contributed by atoms with van der Waals surface area (Å²) in [5, 5.41) is 0.968. The molecule has 3 saturated heterocycles. The first kappa shape index (κ1) is 16.1. The fourth-order valence-corrected chi connectivity index (χ4v) is 4.28. The molecule has 4 heterocycles. The van der Waals surface area contributed by atoms with Gasteiger partial charge in [-0.05, 0) is 44.0 Å². The van der Waals surface area contributed by atoms with E-state index in [0.29, 0.717) is 12.0 Å². The fourth-order valence-electron chi connectivity index (χ4n) is 3.38. The van der Waals surface area contributed by atoms with Crippen LogP contribution in [0.4, 0.5) is 0 Å². The highest BCUT2D eigenvalue weighted by atomic mass is 32.2. The quantitative estimate of drug-likeness (QED) is 0.540. The van der Waals surface area contributed by atoms with Crippen LogP contribution in [-0.4, -0.2) is 46.4 Å². The lowest BCUT2D eigenvalue weighted by Gasteiger charge is -2.44. The number of hydrogen-bond donors (Lipinski definition) is 0. The van der Waals surface area contributed by atoms with Crippen molar-refractivity contribution in [1.82, 2.24) is 14.9 Å². The van der Waals surface area contributed by atoms with Gasteiger partial charge in [-0.1, -0.05) is 26.2 Å². The van der Waals surface area contributed by atoms with Gasteiger partial charge in [-0.15, -0.1) is 11.8 Å². The number of thioether (sulfide) groups is 1. The topological polar surface area (TPSA) is 38.3 Å². The Bertz CT molecular complexity index is 463. The Balaban J connectivity index is 1.54. The summed E-state index contributed by atoms with van der Waals surface area (Å²) in [5.74, 6) is 2.56. The summed E-state index contributed by atoms with van der Waals surface area (Å²) in [6.45, 7) is 5.78. The third-order valence-electron chi connectivity index (χ3n) is 4.73. The summed E-state index contributed by atoms with van der Waals surface area (Å²) in [5.41, 5.74) is 0. The Hall–Kier alpha value is -0.810. The molecule has 122 valence electrons. The van der Waals surface area contributed by atoms with Gasteiger partial charge in [0.25, 0.3) is 0 Å². The van der Waals surface area contributed by atoms with Crippen LogP contribution in [0.2, 0.25) is 0 Å². The van der Waals surface area contributed by atoms with E-state index >= 15 is 0 Å². The van der Waals surface area contributed by atoms with Crippen molar-refractivity contribution in [3.05, 3.63) is 12.4 Å². The zero-order chi connectivity index (χ0) is 15.2. The van der Waals surface area contributed by atoms with Gasteiger partial charge in [0.2, 0.25) is 5.88 Å². The van der Waals surface area contributed by atoms with Gasteiger partial charge in [0.1, 0.15) is 6.10 Å². The summed E-state index contributed by atoms with van der Waals surface area (Å²) >= 11 is 1.79. The van der Waals surface area contributed by atoms with Crippen molar-refractivity contribution in [2.24, 2.45) is 5.92 Å². The molecule has 0 saturated carbocycles. The van der Waals surface area contributed by atoms with Gasteiger partial charge in [-0.25, -0.2) is 9.97 Å². The summed E-state index contributed by atoms with van der Waals surface area (Å²) < 4.78 is 6.26. The minimum absolute atomic E-state index is 0.304. The van der Waals surface area contributed by atoms with Crippen molar-refractivity contribution in [2.45, 2.75) is 56.6 Å². The summed E-state index contributed by atoms with van der Waals surface area (Å²) in [4.78, 5) is 11.4. The largest absolute Gasteiger partial charge is 0.471 e. The lowest BCUT2D eigenvalue weighted by molar-refractivity contribution is -0.0117. The normalized spacial score (nSPS) is 27.0. The molecule has 2 bridgehead atoms. The van der Waals surface area contributed by atoms with Crippen LogP contribution in [0.5, 0.6) is 5.88 Å². The highest BCUT2D eigenvalue weighted by Crippen LogP contribution is 2.33. The molecule has 1 atom stereocenters. The van der Waals surface area contributed by atoms with E-state index in [2.05, 4.69) is 21.8 Å². The van der Waals surface area contributed by atoms with E-state index in [9.17, 15) is 0 Å². The maximum absolute atomic E-state index is 6.26. The Kier molecular flexibility index (Phi) is 5.96. The molecule has 3 fully saturated rings. The van der Waals surface area contributed by atoms with E-state index in [4.69, 9.17) is 4.74 Å². The summed E-state index contributed by atoms with van der Waals surface area (Å²) in [6.07, 6.45) is 11.5. The fraction of sp³-hybridized carbons (Fsp3) is 0.765. The van der Waals surface area contributed by atoms with E-state index in [1.54, 1.807) is 24.2 Å². The lowest BCUT2D eigenvalue weighted by Crippen LogP contribution is -2.52. The Morgan fingerprint density at radius 1 is 1.18 bits per heavy atom. The molecule has 1 aromatic heterocycles.